The third kappa shape index (κ3) is 5.05. The largest absolute Gasteiger partial charge is 0.450 e. The highest BCUT2D eigenvalue weighted by molar-refractivity contribution is 6.31. The number of imide groups is 1. The number of hydrogen-bond donors (Lipinski definition) is 2. The average Bonchev–Trinajstić information content (AvgIpc) is 2.58. The van der Waals surface area contributed by atoms with Crippen molar-refractivity contribution in [2.24, 2.45) is 0 Å². The SMILES string of the molecule is CCCNC(=O)NC(=O)COC(=O)c1cc(=O)c2cc(Cl)ccc2o1. The van der Waals surface area contributed by atoms with Crippen LogP contribution in [-0.2, 0) is 9.53 Å². The molecule has 0 radical (unpaired) electrons. The van der Waals surface area contributed by atoms with Crippen molar-refractivity contribution >= 4 is 40.5 Å². The number of esters is 1. The molecule has 2 N–H and O–H groups in total. The highest BCUT2D eigenvalue weighted by Crippen LogP contribution is 2.17. The predicted octanol–water partition coefficient (Wildman–Crippen LogP) is 1.84. The zero-order valence-electron chi connectivity index (χ0n) is 13.3. The van der Waals surface area contributed by atoms with Gasteiger partial charge in [0.15, 0.2) is 12.0 Å². The maximum absolute atomic E-state index is 12.0. The second-order valence-electron chi connectivity index (χ2n) is 5.00. The summed E-state index contributed by atoms with van der Waals surface area (Å²) in [5.41, 5.74) is -0.314. The third-order valence-electron chi connectivity index (χ3n) is 3.01. The van der Waals surface area contributed by atoms with Crippen molar-refractivity contribution in [1.29, 1.82) is 0 Å². The summed E-state index contributed by atoms with van der Waals surface area (Å²) in [5, 5.41) is 5.00. The molecule has 2 rings (SSSR count). The number of carbonyl (C=O) groups is 3. The summed E-state index contributed by atoms with van der Waals surface area (Å²) >= 11 is 5.80. The molecule has 2 aromatic rings. The second-order valence-corrected chi connectivity index (χ2v) is 5.43. The molecule has 0 saturated heterocycles. The standard InChI is InChI=1S/C16H15ClN2O6/c1-2-5-18-16(23)19-14(21)8-24-15(22)13-7-11(20)10-6-9(17)3-4-12(10)25-13/h3-4,6-7H,2,5,8H2,1H3,(H2,18,19,21,23). The number of fused-ring (bicyclic) bond motifs is 1. The lowest BCUT2D eigenvalue weighted by atomic mass is 10.2. The molecule has 0 fully saturated rings. The fourth-order valence-corrected chi connectivity index (χ4v) is 2.05. The van der Waals surface area contributed by atoms with E-state index < -0.39 is 29.9 Å². The zero-order chi connectivity index (χ0) is 18.4. The van der Waals surface area contributed by atoms with Crippen LogP contribution in [-0.4, -0.2) is 31.1 Å². The summed E-state index contributed by atoms with van der Waals surface area (Å²) in [6.45, 7) is 1.57. The quantitative estimate of drug-likeness (QED) is 0.780. The molecular weight excluding hydrogens is 352 g/mol. The first-order valence-corrected chi connectivity index (χ1v) is 7.76. The Kier molecular flexibility index (Phi) is 6.13. The van der Waals surface area contributed by atoms with Crippen molar-refractivity contribution in [1.82, 2.24) is 10.6 Å². The predicted molar refractivity (Wildman–Crippen MR) is 89.6 cm³/mol. The van der Waals surface area contributed by atoms with E-state index in [1.165, 1.54) is 18.2 Å². The fourth-order valence-electron chi connectivity index (χ4n) is 1.88. The van der Waals surface area contributed by atoms with Gasteiger partial charge in [-0.2, -0.15) is 0 Å². The maximum atomic E-state index is 12.0. The summed E-state index contributed by atoms with van der Waals surface area (Å²) in [5.74, 6) is -2.17. The van der Waals surface area contributed by atoms with Gasteiger partial charge < -0.3 is 14.5 Å². The average molecular weight is 367 g/mol. The fraction of sp³-hybridized carbons (Fsp3) is 0.250. The Bertz CT molecular complexity index is 877. The molecule has 0 aliphatic carbocycles. The van der Waals surface area contributed by atoms with Crippen LogP contribution in [0.4, 0.5) is 4.79 Å². The van der Waals surface area contributed by atoms with Crippen LogP contribution in [0, 0.1) is 0 Å². The summed E-state index contributed by atoms with van der Waals surface area (Å²) in [6, 6.07) is 4.63. The van der Waals surface area contributed by atoms with Crippen molar-refractivity contribution in [3.8, 4) is 0 Å². The molecule has 3 amide bonds. The summed E-state index contributed by atoms with van der Waals surface area (Å²) in [4.78, 5) is 46.7. The zero-order valence-corrected chi connectivity index (χ0v) is 14.0. The molecule has 1 aromatic heterocycles. The molecule has 0 aliphatic heterocycles. The normalized spacial score (nSPS) is 10.3. The lowest BCUT2D eigenvalue weighted by Gasteiger charge is -2.07. The van der Waals surface area contributed by atoms with Gasteiger partial charge in [0.05, 0.1) is 5.39 Å². The van der Waals surface area contributed by atoms with Gasteiger partial charge in [-0.25, -0.2) is 9.59 Å². The number of nitrogens with one attached hydrogen (secondary N) is 2. The van der Waals surface area contributed by atoms with Gasteiger partial charge in [0.2, 0.25) is 5.76 Å². The Morgan fingerprint density at radius 1 is 1.24 bits per heavy atom. The van der Waals surface area contributed by atoms with Gasteiger partial charge in [0.25, 0.3) is 5.91 Å². The van der Waals surface area contributed by atoms with E-state index in [2.05, 4.69) is 5.32 Å². The van der Waals surface area contributed by atoms with Crippen molar-refractivity contribution in [2.45, 2.75) is 13.3 Å². The van der Waals surface area contributed by atoms with Crippen LogP contribution in [0.2, 0.25) is 5.02 Å². The van der Waals surface area contributed by atoms with Gasteiger partial charge >= 0.3 is 12.0 Å². The van der Waals surface area contributed by atoms with E-state index in [4.69, 9.17) is 20.8 Å². The minimum Gasteiger partial charge on any atom is -0.450 e. The van der Waals surface area contributed by atoms with Gasteiger partial charge in [-0.1, -0.05) is 18.5 Å². The smallest absolute Gasteiger partial charge is 0.374 e. The molecular formula is C16H15ClN2O6. The maximum Gasteiger partial charge on any atom is 0.374 e. The number of hydrogen-bond acceptors (Lipinski definition) is 6. The summed E-state index contributed by atoms with van der Waals surface area (Å²) in [6.07, 6.45) is 0.711. The lowest BCUT2D eigenvalue weighted by molar-refractivity contribution is -0.123. The molecule has 0 atom stereocenters. The van der Waals surface area contributed by atoms with E-state index in [9.17, 15) is 19.2 Å². The molecule has 0 bridgehead atoms. The Morgan fingerprint density at radius 2 is 2.00 bits per heavy atom. The monoisotopic (exact) mass is 366 g/mol. The Labute approximate surface area is 147 Å². The van der Waals surface area contributed by atoms with Crippen LogP contribution in [0.3, 0.4) is 0 Å². The number of carbonyl (C=O) groups excluding carboxylic acids is 3. The number of ether oxygens (including phenoxy) is 1. The van der Waals surface area contributed by atoms with Crippen LogP contribution < -0.4 is 16.1 Å². The van der Waals surface area contributed by atoms with Crippen LogP contribution >= 0.6 is 11.6 Å². The minimum absolute atomic E-state index is 0.159. The van der Waals surface area contributed by atoms with Crippen molar-refractivity contribution < 1.29 is 23.5 Å². The second kappa shape index (κ2) is 8.29. The van der Waals surface area contributed by atoms with E-state index in [-0.39, 0.29) is 16.7 Å². The van der Waals surface area contributed by atoms with E-state index in [0.29, 0.717) is 18.0 Å². The minimum atomic E-state index is -1.00. The molecule has 1 aromatic carbocycles. The van der Waals surface area contributed by atoms with Crippen molar-refractivity contribution in [3.05, 3.63) is 45.3 Å². The van der Waals surface area contributed by atoms with E-state index in [1.54, 1.807) is 0 Å². The van der Waals surface area contributed by atoms with Gasteiger partial charge in [-0.3, -0.25) is 14.9 Å². The topological polar surface area (TPSA) is 115 Å². The summed E-state index contributed by atoms with van der Waals surface area (Å²) in [7, 11) is 0. The number of halogens is 1. The summed E-state index contributed by atoms with van der Waals surface area (Å²) < 4.78 is 10.0. The first-order valence-electron chi connectivity index (χ1n) is 7.39. The molecule has 132 valence electrons. The number of rotatable bonds is 5. The molecule has 0 unspecified atom stereocenters. The molecule has 8 nitrogen and oxygen atoms in total. The lowest BCUT2D eigenvalue weighted by Crippen LogP contribution is -2.41. The van der Waals surface area contributed by atoms with Gasteiger partial charge in [0.1, 0.15) is 5.58 Å². The highest BCUT2D eigenvalue weighted by atomic mass is 35.5. The molecule has 0 spiro atoms. The number of amides is 3. The number of urea groups is 1. The van der Waals surface area contributed by atoms with Gasteiger partial charge in [-0.05, 0) is 24.6 Å². The Hall–Kier alpha value is -2.87. The van der Waals surface area contributed by atoms with E-state index in [0.717, 1.165) is 6.07 Å². The number of benzene rings is 1. The van der Waals surface area contributed by atoms with Crippen LogP contribution in [0.5, 0.6) is 0 Å². The molecule has 25 heavy (non-hydrogen) atoms. The van der Waals surface area contributed by atoms with Gasteiger partial charge in [-0.15, -0.1) is 0 Å². The third-order valence-corrected chi connectivity index (χ3v) is 3.25. The van der Waals surface area contributed by atoms with Crippen LogP contribution in [0.25, 0.3) is 11.0 Å². The Balaban J connectivity index is 2.00. The van der Waals surface area contributed by atoms with Crippen LogP contribution in [0.15, 0.2) is 33.5 Å². The molecule has 9 heteroatoms. The van der Waals surface area contributed by atoms with Gasteiger partial charge in [0, 0.05) is 17.6 Å². The molecule has 1 heterocycles. The Morgan fingerprint density at radius 3 is 2.72 bits per heavy atom. The van der Waals surface area contributed by atoms with E-state index >= 15 is 0 Å². The first kappa shape index (κ1) is 18.5. The van der Waals surface area contributed by atoms with Crippen molar-refractivity contribution in [2.75, 3.05) is 13.2 Å². The van der Waals surface area contributed by atoms with Crippen LogP contribution in [0.1, 0.15) is 23.9 Å². The van der Waals surface area contributed by atoms with Crippen molar-refractivity contribution in [3.63, 3.8) is 0 Å². The van der Waals surface area contributed by atoms with E-state index in [1.807, 2.05) is 12.2 Å². The highest BCUT2D eigenvalue weighted by Gasteiger charge is 2.16. The molecule has 0 saturated carbocycles. The first-order chi connectivity index (χ1) is 11.9. The molecule has 0 aliphatic rings.